The molecule has 0 saturated heterocycles. The number of rotatable bonds is 3. The van der Waals surface area contributed by atoms with Gasteiger partial charge < -0.3 is 0 Å². The summed E-state index contributed by atoms with van der Waals surface area (Å²) >= 11 is 0. The lowest BCUT2D eigenvalue weighted by Crippen LogP contribution is -1.89. The van der Waals surface area contributed by atoms with Gasteiger partial charge in [0.15, 0.2) is 0 Å². The third-order valence-electron chi connectivity index (χ3n) is 8.31. The Bertz CT molecular complexity index is 2030. The highest BCUT2D eigenvalue weighted by Crippen LogP contribution is 2.44. The number of benzene rings is 7. The first-order valence-corrected chi connectivity index (χ1v) is 13.7. The summed E-state index contributed by atoms with van der Waals surface area (Å²) in [6.45, 7) is 0. The topological polar surface area (TPSA) is 0 Å². The van der Waals surface area contributed by atoms with Gasteiger partial charge in [0.1, 0.15) is 0 Å². The molecule has 39 heavy (non-hydrogen) atoms. The molecule has 8 rings (SSSR count). The minimum absolute atomic E-state index is 0.943. The summed E-state index contributed by atoms with van der Waals surface area (Å²) in [6.07, 6.45) is 0.943. The lowest BCUT2D eigenvalue weighted by Gasteiger charge is -2.13. The third-order valence-corrected chi connectivity index (χ3v) is 8.31. The highest BCUT2D eigenvalue weighted by molar-refractivity contribution is 6.25. The summed E-state index contributed by atoms with van der Waals surface area (Å²) in [5.41, 5.74) is 10.6. The fourth-order valence-corrected chi connectivity index (χ4v) is 6.51. The van der Waals surface area contributed by atoms with Gasteiger partial charge in [0.05, 0.1) is 0 Å². The molecule has 7 aromatic rings. The maximum Gasteiger partial charge on any atom is -0.000706 e. The van der Waals surface area contributed by atoms with Gasteiger partial charge in [-0.15, -0.1) is 0 Å². The molecule has 0 saturated carbocycles. The minimum Gasteiger partial charge on any atom is -0.0622 e. The van der Waals surface area contributed by atoms with Crippen molar-refractivity contribution in [2.75, 3.05) is 0 Å². The molecule has 0 spiro atoms. The Morgan fingerprint density at radius 2 is 0.821 bits per heavy atom. The summed E-state index contributed by atoms with van der Waals surface area (Å²) in [4.78, 5) is 0. The molecular weight excluding hydrogens is 468 g/mol. The molecule has 1 aliphatic rings. The maximum atomic E-state index is 2.42. The van der Waals surface area contributed by atoms with Gasteiger partial charge in [-0.05, 0) is 89.3 Å². The molecular formula is C39H26. The molecule has 0 unspecified atom stereocenters. The molecule has 0 aromatic heterocycles. The molecule has 7 aromatic carbocycles. The summed E-state index contributed by atoms with van der Waals surface area (Å²) in [7, 11) is 0. The number of fused-ring (bicyclic) bond motifs is 7. The van der Waals surface area contributed by atoms with E-state index >= 15 is 0 Å². The highest BCUT2D eigenvalue weighted by atomic mass is 14.3. The van der Waals surface area contributed by atoms with Crippen LogP contribution in [0.15, 0.2) is 146 Å². The average molecular weight is 495 g/mol. The minimum atomic E-state index is 0.943. The number of hydrogen-bond acceptors (Lipinski definition) is 0. The predicted octanol–water partition coefficient (Wildman–Crippen LogP) is 10.3. The van der Waals surface area contributed by atoms with Gasteiger partial charge in [-0.3, -0.25) is 0 Å². The molecule has 182 valence electrons. The van der Waals surface area contributed by atoms with E-state index in [9.17, 15) is 0 Å². The van der Waals surface area contributed by atoms with Crippen LogP contribution in [0.1, 0.15) is 22.3 Å². The molecule has 0 aliphatic heterocycles. The summed E-state index contributed by atoms with van der Waals surface area (Å²) in [6, 6.07) is 53.4. The maximum absolute atomic E-state index is 2.42. The molecule has 1 aliphatic carbocycles. The summed E-state index contributed by atoms with van der Waals surface area (Å²) in [5.74, 6) is 0. The van der Waals surface area contributed by atoms with E-state index in [1.165, 1.54) is 76.8 Å². The average Bonchev–Trinajstić information content (AvgIpc) is 3.41. The van der Waals surface area contributed by atoms with Crippen molar-refractivity contribution in [3.63, 3.8) is 0 Å². The van der Waals surface area contributed by atoms with Crippen molar-refractivity contribution < 1.29 is 0 Å². The second kappa shape index (κ2) is 8.82. The van der Waals surface area contributed by atoms with E-state index in [0.717, 1.165) is 6.42 Å². The van der Waals surface area contributed by atoms with Crippen molar-refractivity contribution in [2.45, 2.75) is 6.42 Å². The molecule has 0 radical (unpaired) electrons. The standard InChI is InChI=1S/C39H26/c1-3-11-26(12-4-1)37-25-30-23-28(19-21-31(30)39(37)27-13-5-2-6-14-27)29-20-22-36-34-17-8-7-15-32(34)33-16-9-10-18-35(33)38(36)24-29/h1-24H,25H2. The molecule has 0 fully saturated rings. The van der Waals surface area contributed by atoms with Crippen LogP contribution in [0.3, 0.4) is 0 Å². The van der Waals surface area contributed by atoms with Gasteiger partial charge in [0, 0.05) is 0 Å². The number of hydrogen-bond donors (Lipinski definition) is 0. The van der Waals surface area contributed by atoms with Crippen molar-refractivity contribution >= 4 is 43.5 Å². The molecule has 0 heterocycles. The Morgan fingerprint density at radius 3 is 1.46 bits per heavy atom. The van der Waals surface area contributed by atoms with Crippen molar-refractivity contribution in [3.05, 3.63) is 168 Å². The molecule has 0 bridgehead atoms. The fraction of sp³-hybridized carbons (Fsp3) is 0.0256. The van der Waals surface area contributed by atoms with Crippen LogP contribution in [0.25, 0.3) is 54.6 Å². The first kappa shape index (κ1) is 22.1. The van der Waals surface area contributed by atoms with Crippen molar-refractivity contribution in [1.82, 2.24) is 0 Å². The lowest BCUT2D eigenvalue weighted by molar-refractivity contribution is 1.32. The van der Waals surface area contributed by atoms with Crippen LogP contribution in [0.4, 0.5) is 0 Å². The van der Waals surface area contributed by atoms with Crippen LogP contribution in [-0.4, -0.2) is 0 Å². The Labute approximate surface area is 228 Å². The van der Waals surface area contributed by atoms with Crippen LogP contribution in [0, 0.1) is 0 Å². The van der Waals surface area contributed by atoms with E-state index in [1.807, 2.05) is 0 Å². The van der Waals surface area contributed by atoms with Gasteiger partial charge in [-0.2, -0.15) is 0 Å². The molecule has 0 nitrogen and oxygen atoms in total. The van der Waals surface area contributed by atoms with E-state index < -0.39 is 0 Å². The lowest BCUT2D eigenvalue weighted by atomic mass is 9.91. The van der Waals surface area contributed by atoms with Crippen molar-refractivity contribution in [2.24, 2.45) is 0 Å². The molecule has 0 amide bonds. The van der Waals surface area contributed by atoms with Gasteiger partial charge in [0.25, 0.3) is 0 Å². The Kier molecular flexibility index (Phi) is 5.00. The van der Waals surface area contributed by atoms with Crippen LogP contribution >= 0.6 is 0 Å². The van der Waals surface area contributed by atoms with E-state index in [0.29, 0.717) is 0 Å². The monoisotopic (exact) mass is 494 g/mol. The van der Waals surface area contributed by atoms with Gasteiger partial charge in [-0.25, -0.2) is 0 Å². The first-order chi connectivity index (χ1) is 19.3. The largest absolute Gasteiger partial charge is 0.0622 e. The zero-order valence-electron chi connectivity index (χ0n) is 21.6. The number of allylic oxidation sites excluding steroid dienone is 1. The first-order valence-electron chi connectivity index (χ1n) is 13.7. The van der Waals surface area contributed by atoms with Crippen LogP contribution in [0.2, 0.25) is 0 Å². The Balaban J connectivity index is 1.30. The van der Waals surface area contributed by atoms with Gasteiger partial charge >= 0.3 is 0 Å². The molecule has 0 heteroatoms. The SMILES string of the molecule is c1ccc(C2=C(c3ccccc3)c3ccc(-c4ccc5c6ccccc6c6ccccc6c5c4)cc3C2)cc1. The highest BCUT2D eigenvalue weighted by Gasteiger charge is 2.24. The summed E-state index contributed by atoms with van der Waals surface area (Å²) in [5, 5.41) is 7.89. The van der Waals surface area contributed by atoms with Crippen LogP contribution < -0.4 is 0 Å². The normalized spacial score (nSPS) is 12.9. The van der Waals surface area contributed by atoms with Crippen molar-refractivity contribution in [1.29, 1.82) is 0 Å². The van der Waals surface area contributed by atoms with Crippen LogP contribution in [-0.2, 0) is 6.42 Å². The second-order valence-corrected chi connectivity index (χ2v) is 10.5. The predicted molar refractivity (Wildman–Crippen MR) is 167 cm³/mol. The third kappa shape index (κ3) is 3.53. The van der Waals surface area contributed by atoms with E-state index in [1.54, 1.807) is 0 Å². The van der Waals surface area contributed by atoms with Crippen LogP contribution in [0.5, 0.6) is 0 Å². The van der Waals surface area contributed by atoms with Gasteiger partial charge in [0.2, 0.25) is 0 Å². The van der Waals surface area contributed by atoms with Gasteiger partial charge in [-0.1, -0.05) is 140 Å². The quantitative estimate of drug-likeness (QED) is 0.214. The Morgan fingerprint density at radius 1 is 0.333 bits per heavy atom. The van der Waals surface area contributed by atoms with Crippen molar-refractivity contribution in [3.8, 4) is 11.1 Å². The summed E-state index contributed by atoms with van der Waals surface area (Å²) < 4.78 is 0. The van der Waals surface area contributed by atoms with E-state index in [4.69, 9.17) is 0 Å². The zero-order chi connectivity index (χ0) is 25.8. The van der Waals surface area contributed by atoms with E-state index in [2.05, 4.69) is 146 Å². The van der Waals surface area contributed by atoms with E-state index in [-0.39, 0.29) is 0 Å². The smallest absolute Gasteiger partial charge is 0.000706 e. The zero-order valence-corrected chi connectivity index (χ0v) is 21.6. The fourth-order valence-electron chi connectivity index (χ4n) is 6.51. The molecule has 0 atom stereocenters. The second-order valence-electron chi connectivity index (χ2n) is 10.5. The Hall–Kier alpha value is -4.94. The molecule has 0 N–H and O–H groups in total.